The second kappa shape index (κ2) is 12.4. The molecule has 0 aromatic heterocycles. The second-order valence-electron chi connectivity index (χ2n) is 15.6. The Hall–Kier alpha value is -7.28. The molecule has 0 saturated heterocycles. The van der Waals surface area contributed by atoms with Crippen LogP contribution in [0, 0.1) is 0 Å². The van der Waals surface area contributed by atoms with E-state index in [1.54, 1.807) is 0 Å². The van der Waals surface area contributed by atoms with E-state index in [2.05, 4.69) is 218 Å². The van der Waals surface area contributed by atoms with E-state index in [9.17, 15) is 0 Å². The fraction of sp³-hybridized carbons (Fsp3) is 0.0175. The summed E-state index contributed by atoms with van der Waals surface area (Å²) in [5.41, 5.74) is 14.8. The number of hydrogen-bond acceptors (Lipinski definition) is 0. The highest BCUT2D eigenvalue weighted by atomic mass is 14.5. The van der Waals surface area contributed by atoms with E-state index in [1.165, 1.54) is 110 Å². The maximum absolute atomic E-state index is 2.49. The van der Waals surface area contributed by atoms with Crippen LogP contribution in [0.5, 0.6) is 0 Å². The van der Waals surface area contributed by atoms with Crippen LogP contribution in [0.4, 0.5) is 0 Å². The minimum absolute atomic E-state index is 0.489. The third-order valence-electron chi connectivity index (χ3n) is 12.6. The Morgan fingerprint density at radius 3 is 1.35 bits per heavy atom. The molecule has 0 radical (unpaired) electrons. The molecule has 57 heavy (non-hydrogen) atoms. The van der Waals surface area contributed by atoms with Gasteiger partial charge in [-0.3, -0.25) is 0 Å². The van der Waals surface area contributed by atoms with Gasteiger partial charge < -0.3 is 0 Å². The first-order chi connectivity index (χ1) is 28.3. The summed E-state index contributed by atoms with van der Waals surface area (Å²) in [6.07, 6.45) is 0. The lowest BCUT2D eigenvalue weighted by molar-refractivity contribution is 0.776. The lowest BCUT2D eigenvalue weighted by Crippen LogP contribution is -2.28. The minimum Gasteiger partial charge on any atom is -0.0622 e. The lowest BCUT2D eigenvalue weighted by Gasteiger charge is -2.35. The topological polar surface area (TPSA) is 0 Å². The molecule has 0 aliphatic heterocycles. The van der Waals surface area contributed by atoms with E-state index in [1.807, 2.05) is 0 Å². The molecule has 11 aromatic carbocycles. The van der Waals surface area contributed by atoms with E-state index in [4.69, 9.17) is 0 Å². The van der Waals surface area contributed by atoms with Crippen LogP contribution in [0.1, 0.15) is 22.3 Å². The molecular formula is C57H36. The van der Waals surface area contributed by atoms with Crippen LogP contribution in [-0.4, -0.2) is 0 Å². The van der Waals surface area contributed by atoms with Crippen LogP contribution < -0.4 is 0 Å². The predicted molar refractivity (Wildman–Crippen MR) is 241 cm³/mol. The Labute approximate surface area is 332 Å². The van der Waals surface area contributed by atoms with E-state index >= 15 is 0 Å². The van der Waals surface area contributed by atoms with Gasteiger partial charge in [0.2, 0.25) is 0 Å². The maximum atomic E-state index is 2.49. The normalized spacial score (nSPS) is 13.1. The molecule has 0 bridgehead atoms. The summed E-state index contributed by atoms with van der Waals surface area (Å²) in [5, 5.41) is 10.3. The fourth-order valence-corrected chi connectivity index (χ4v) is 10.2. The number of benzene rings is 11. The summed E-state index contributed by atoms with van der Waals surface area (Å²) in [5.74, 6) is 0. The van der Waals surface area contributed by atoms with Gasteiger partial charge >= 0.3 is 0 Å². The van der Waals surface area contributed by atoms with Crippen molar-refractivity contribution in [3.05, 3.63) is 241 Å². The van der Waals surface area contributed by atoms with Crippen molar-refractivity contribution in [1.29, 1.82) is 0 Å². The van der Waals surface area contributed by atoms with Crippen molar-refractivity contribution in [3.63, 3.8) is 0 Å². The first-order valence-electron chi connectivity index (χ1n) is 19.9. The van der Waals surface area contributed by atoms with E-state index in [0.29, 0.717) is 0 Å². The molecule has 1 aliphatic carbocycles. The highest BCUT2D eigenvalue weighted by molar-refractivity contribution is 6.24. The summed E-state index contributed by atoms with van der Waals surface area (Å²) < 4.78 is 0. The highest BCUT2D eigenvalue weighted by Crippen LogP contribution is 2.58. The van der Waals surface area contributed by atoms with Gasteiger partial charge in [0.15, 0.2) is 0 Å². The Morgan fingerprint density at radius 2 is 0.737 bits per heavy atom. The third-order valence-corrected chi connectivity index (χ3v) is 12.6. The molecule has 0 atom stereocenters. The van der Waals surface area contributed by atoms with Gasteiger partial charge in [0.25, 0.3) is 0 Å². The van der Waals surface area contributed by atoms with Gasteiger partial charge in [0, 0.05) is 0 Å². The van der Waals surface area contributed by atoms with Crippen LogP contribution in [0.2, 0.25) is 0 Å². The summed E-state index contributed by atoms with van der Waals surface area (Å²) in [7, 11) is 0. The molecule has 0 N–H and O–H groups in total. The largest absolute Gasteiger partial charge is 0.0719 e. The SMILES string of the molecule is c1ccc(-c2ccccc2-c2cc3ccc4cc(-c5ccc6c(c5)C(c5ccccc5)(c5ccccc5)c5c-6ccc6ccccc56)cc5ccc(c2)c3c45)cc1. The average molecular weight is 721 g/mol. The van der Waals surface area contributed by atoms with E-state index in [0.717, 1.165) is 0 Å². The predicted octanol–water partition coefficient (Wildman–Crippen LogP) is 15.1. The van der Waals surface area contributed by atoms with Gasteiger partial charge in [-0.15, -0.1) is 0 Å². The monoisotopic (exact) mass is 720 g/mol. The van der Waals surface area contributed by atoms with Gasteiger partial charge in [-0.1, -0.05) is 188 Å². The van der Waals surface area contributed by atoms with Gasteiger partial charge in [-0.05, 0) is 140 Å². The van der Waals surface area contributed by atoms with Crippen molar-refractivity contribution in [1.82, 2.24) is 0 Å². The number of hydrogen-bond donors (Lipinski definition) is 0. The van der Waals surface area contributed by atoms with Crippen molar-refractivity contribution in [3.8, 4) is 44.5 Å². The zero-order chi connectivity index (χ0) is 37.5. The standard InChI is InChI=1S/C57H36/c1-4-14-37(15-5-1)48-21-12-13-22-49(48)45-34-42-26-24-40-32-44(33-41-25-27-43(35-45)55(42)54(40)41)39-29-30-51-52-31-28-38-16-10-11-23-50(38)56(52)57(53(51)36-39,46-17-6-2-7-18-46)47-19-8-3-9-20-47/h1-36H. The second-order valence-corrected chi connectivity index (χ2v) is 15.6. The molecule has 11 aromatic rings. The van der Waals surface area contributed by atoms with Gasteiger partial charge in [-0.25, -0.2) is 0 Å². The molecule has 0 unspecified atom stereocenters. The molecule has 12 rings (SSSR count). The molecule has 264 valence electrons. The van der Waals surface area contributed by atoms with Crippen molar-refractivity contribution in [2.24, 2.45) is 0 Å². The maximum Gasteiger partial charge on any atom is 0.0719 e. The van der Waals surface area contributed by atoms with E-state index in [-0.39, 0.29) is 0 Å². The van der Waals surface area contributed by atoms with Crippen LogP contribution in [-0.2, 0) is 5.41 Å². The smallest absolute Gasteiger partial charge is 0.0622 e. The molecule has 0 spiro atoms. The Morgan fingerprint density at radius 1 is 0.263 bits per heavy atom. The first kappa shape index (κ1) is 32.0. The van der Waals surface area contributed by atoms with Crippen molar-refractivity contribution in [2.75, 3.05) is 0 Å². The summed E-state index contributed by atoms with van der Waals surface area (Å²) >= 11 is 0. The number of fused-ring (bicyclic) bond motifs is 5. The molecule has 0 heteroatoms. The summed E-state index contributed by atoms with van der Waals surface area (Å²) in [4.78, 5) is 0. The van der Waals surface area contributed by atoms with Crippen LogP contribution in [0.3, 0.4) is 0 Å². The quantitative estimate of drug-likeness (QED) is 0.155. The number of rotatable bonds is 5. The van der Waals surface area contributed by atoms with Gasteiger partial charge in [0.1, 0.15) is 0 Å². The molecule has 1 aliphatic rings. The van der Waals surface area contributed by atoms with Crippen molar-refractivity contribution >= 4 is 43.1 Å². The highest BCUT2D eigenvalue weighted by Gasteiger charge is 2.47. The zero-order valence-electron chi connectivity index (χ0n) is 31.3. The minimum atomic E-state index is -0.489. The summed E-state index contributed by atoms with van der Waals surface area (Å²) in [6.45, 7) is 0. The Balaban J connectivity index is 1.06. The van der Waals surface area contributed by atoms with Gasteiger partial charge in [0.05, 0.1) is 5.41 Å². The molecule has 0 fully saturated rings. The molecule has 0 nitrogen and oxygen atoms in total. The summed E-state index contributed by atoms with van der Waals surface area (Å²) in [6, 6.07) is 81.4. The van der Waals surface area contributed by atoms with Gasteiger partial charge in [-0.2, -0.15) is 0 Å². The van der Waals surface area contributed by atoms with Crippen LogP contribution in [0.25, 0.3) is 87.6 Å². The first-order valence-corrected chi connectivity index (χ1v) is 19.9. The molecule has 0 amide bonds. The average Bonchev–Trinajstić information content (AvgIpc) is 3.60. The molecule has 0 heterocycles. The fourth-order valence-electron chi connectivity index (χ4n) is 10.2. The molecular weight excluding hydrogens is 685 g/mol. The molecule has 0 saturated carbocycles. The Bertz CT molecular complexity index is 3210. The Kier molecular flexibility index (Phi) is 6.94. The van der Waals surface area contributed by atoms with Crippen LogP contribution >= 0.6 is 0 Å². The van der Waals surface area contributed by atoms with E-state index < -0.39 is 5.41 Å². The zero-order valence-corrected chi connectivity index (χ0v) is 31.3. The third kappa shape index (κ3) is 4.68. The van der Waals surface area contributed by atoms with Crippen molar-refractivity contribution < 1.29 is 0 Å². The lowest BCUT2D eigenvalue weighted by atomic mass is 9.66. The van der Waals surface area contributed by atoms with Crippen molar-refractivity contribution in [2.45, 2.75) is 5.41 Å². The van der Waals surface area contributed by atoms with Crippen LogP contribution in [0.15, 0.2) is 218 Å².